The smallest absolute Gasteiger partial charge is 0.245 e. The lowest BCUT2D eigenvalue weighted by Crippen LogP contribution is -3.00. The molecule has 0 aliphatic heterocycles. The van der Waals surface area contributed by atoms with Gasteiger partial charge < -0.3 is 24.0 Å². The van der Waals surface area contributed by atoms with Crippen molar-refractivity contribution in [3.8, 4) is 0 Å². The number of hydrogen-bond acceptors (Lipinski definition) is 2. The molecule has 3 rings (SSSR count). The highest BCUT2D eigenvalue weighted by atomic mass is 127. The molecule has 0 fully saturated rings. The Morgan fingerprint density at radius 2 is 1.70 bits per heavy atom. The first-order valence-electron chi connectivity index (χ1n) is 6.15. The Bertz CT molecular complexity index is 729. The van der Waals surface area contributed by atoms with E-state index in [0.29, 0.717) is 12.2 Å². The van der Waals surface area contributed by atoms with Crippen LogP contribution in [0.4, 0.5) is 0 Å². The number of halogens is 1. The highest BCUT2D eigenvalue weighted by Gasteiger charge is 2.13. The van der Waals surface area contributed by atoms with Crippen molar-refractivity contribution in [2.24, 2.45) is 0 Å². The molecule has 0 atom stereocenters. The zero-order valence-corrected chi connectivity index (χ0v) is 12.9. The van der Waals surface area contributed by atoms with Crippen LogP contribution in [0.5, 0.6) is 0 Å². The standard InChI is InChI=1S/C16H13N2O.HI/c19-16(12-18-8-4-1-5-9-18)15-10-13-6-2-3-7-14(13)11-17-15;/h1-11H,12H2;1H/q+1;/p-1. The summed E-state index contributed by atoms with van der Waals surface area (Å²) in [6.45, 7) is 0.312. The molecule has 0 unspecified atom stereocenters. The third-order valence-corrected chi connectivity index (χ3v) is 3.02. The second kappa shape index (κ2) is 6.56. The van der Waals surface area contributed by atoms with Gasteiger partial charge in [0, 0.05) is 23.7 Å². The van der Waals surface area contributed by atoms with E-state index < -0.39 is 0 Å². The summed E-state index contributed by atoms with van der Waals surface area (Å²) in [7, 11) is 0. The van der Waals surface area contributed by atoms with Crippen LogP contribution in [0.15, 0.2) is 67.1 Å². The van der Waals surface area contributed by atoms with Gasteiger partial charge in [-0.1, -0.05) is 30.3 Å². The number of benzene rings is 1. The lowest BCUT2D eigenvalue weighted by molar-refractivity contribution is -0.683. The van der Waals surface area contributed by atoms with Gasteiger partial charge in [0.05, 0.1) is 0 Å². The van der Waals surface area contributed by atoms with E-state index >= 15 is 0 Å². The maximum Gasteiger partial charge on any atom is 0.245 e. The molecule has 0 saturated carbocycles. The topological polar surface area (TPSA) is 33.8 Å². The summed E-state index contributed by atoms with van der Waals surface area (Å²) in [4.78, 5) is 16.4. The van der Waals surface area contributed by atoms with Crippen molar-refractivity contribution < 1.29 is 33.3 Å². The Hall–Kier alpha value is -1.82. The summed E-state index contributed by atoms with van der Waals surface area (Å²) in [5.41, 5.74) is 0.509. The van der Waals surface area contributed by atoms with Gasteiger partial charge in [-0.25, -0.2) is 0 Å². The molecule has 0 amide bonds. The van der Waals surface area contributed by atoms with Crippen LogP contribution in [0.2, 0.25) is 0 Å². The number of ketones is 1. The molecule has 2 aromatic heterocycles. The molecule has 0 spiro atoms. The zero-order chi connectivity index (χ0) is 13.1. The van der Waals surface area contributed by atoms with Crippen LogP contribution in [-0.4, -0.2) is 10.8 Å². The maximum atomic E-state index is 12.2. The van der Waals surface area contributed by atoms with Gasteiger partial charge in [0.2, 0.25) is 12.3 Å². The predicted molar refractivity (Wildman–Crippen MR) is 72.7 cm³/mol. The van der Waals surface area contributed by atoms with E-state index in [4.69, 9.17) is 0 Å². The third-order valence-electron chi connectivity index (χ3n) is 3.02. The number of Topliss-reactive ketones (excluding diaryl/α,β-unsaturated/α-hetero) is 1. The summed E-state index contributed by atoms with van der Waals surface area (Å²) in [5.74, 6) is 0.0157. The average molecular weight is 376 g/mol. The summed E-state index contributed by atoms with van der Waals surface area (Å²) in [6.07, 6.45) is 5.50. The second-order valence-electron chi connectivity index (χ2n) is 4.39. The Labute approximate surface area is 134 Å². The highest BCUT2D eigenvalue weighted by Crippen LogP contribution is 2.13. The fraction of sp³-hybridized carbons (Fsp3) is 0.0625. The fourth-order valence-corrected chi connectivity index (χ4v) is 2.02. The van der Waals surface area contributed by atoms with Gasteiger partial charge in [-0.3, -0.25) is 9.78 Å². The van der Waals surface area contributed by atoms with E-state index in [1.807, 2.05) is 65.5 Å². The largest absolute Gasteiger partial charge is 1.00 e. The second-order valence-corrected chi connectivity index (χ2v) is 4.39. The lowest BCUT2D eigenvalue weighted by Gasteiger charge is -2.00. The van der Waals surface area contributed by atoms with Gasteiger partial charge in [0.15, 0.2) is 12.4 Å². The van der Waals surface area contributed by atoms with Crippen molar-refractivity contribution in [1.29, 1.82) is 0 Å². The van der Waals surface area contributed by atoms with Crippen LogP contribution >= 0.6 is 0 Å². The van der Waals surface area contributed by atoms with E-state index in [2.05, 4.69) is 4.98 Å². The lowest BCUT2D eigenvalue weighted by atomic mass is 10.1. The first-order chi connectivity index (χ1) is 9.33. The normalized spacial score (nSPS) is 10.0. The molecule has 0 aliphatic rings. The Kier molecular flexibility index (Phi) is 4.79. The number of fused-ring (bicyclic) bond motifs is 1. The quantitative estimate of drug-likeness (QED) is 0.348. The zero-order valence-electron chi connectivity index (χ0n) is 10.7. The number of rotatable bonds is 3. The molecule has 0 aliphatic carbocycles. The molecule has 3 aromatic rings. The van der Waals surface area contributed by atoms with Crippen LogP contribution in [0.3, 0.4) is 0 Å². The van der Waals surface area contributed by atoms with E-state index in [0.717, 1.165) is 10.8 Å². The number of aromatic nitrogens is 2. The molecule has 0 saturated heterocycles. The number of nitrogens with zero attached hydrogens (tertiary/aromatic N) is 2. The summed E-state index contributed by atoms with van der Waals surface area (Å²) in [5, 5.41) is 2.09. The van der Waals surface area contributed by atoms with E-state index in [9.17, 15) is 4.79 Å². The number of pyridine rings is 2. The minimum Gasteiger partial charge on any atom is -1.00 e. The fourth-order valence-electron chi connectivity index (χ4n) is 2.02. The minimum atomic E-state index is 0. The number of hydrogen-bond donors (Lipinski definition) is 0. The monoisotopic (exact) mass is 376 g/mol. The van der Waals surface area contributed by atoms with E-state index in [1.54, 1.807) is 6.20 Å². The molecule has 3 nitrogen and oxygen atoms in total. The van der Waals surface area contributed by atoms with Gasteiger partial charge in [0.1, 0.15) is 5.69 Å². The van der Waals surface area contributed by atoms with Crippen LogP contribution in [0.25, 0.3) is 10.8 Å². The Morgan fingerprint density at radius 1 is 1.00 bits per heavy atom. The van der Waals surface area contributed by atoms with Gasteiger partial charge >= 0.3 is 0 Å². The van der Waals surface area contributed by atoms with Gasteiger partial charge in [0.25, 0.3) is 0 Å². The van der Waals surface area contributed by atoms with Crippen molar-refractivity contribution in [3.63, 3.8) is 0 Å². The van der Waals surface area contributed by atoms with Crippen molar-refractivity contribution >= 4 is 16.6 Å². The molecule has 4 heteroatoms. The van der Waals surface area contributed by atoms with Crippen molar-refractivity contribution in [2.75, 3.05) is 0 Å². The molecule has 2 heterocycles. The Balaban J connectivity index is 0.00000147. The van der Waals surface area contributed by atoms with Crippen molar-refractivity contribution in [3.05, 3.63) is 72.8 Å². The molecular formula is C16H13IN2O. The van der Waals surface area contributed by atoms with E-state index in [1.165, 1.54) is 0 Å². The third kappa shape index (κ3) is 3.19. The molecule has 0 N–H and O–H groups in total. The molecule has 1 aromatic carbocycles. The maximum absolute atomic E-state index is 12.2. The number of carbonyl (C=O) groups is 1. The highest BCUT2D eigenvalue weighted by molar-refractivity contribution is 5.96. The summed E-state index contributed by atoms with van der Waals surface area (Å²) in [6, 6.07) is 15.5. The number of carbonyl (C=O) groups excluding carboxylic acids is 1. The molecular weight excluding hydrogens is 363 g/mol. The predicted octanol–water partition coefficient (Wildman–Crippen LogP) is -0.591. The van der Waals surface area contributed by atoms with Crippen LogP contribution in [-0.2, 0) is 6.54 Å². The molecule has 0 radical (unpaired) electrons. The summed E-state index contributed by atoms with van der Waals surface area (Å²) >= 11 is 0. The van der Waals surface area contributed by atoms with Crippen LogP contribution in [0.1, 0.15) is 10.5 Å². The molecule has 0 bridgehead atoms. The SMILES string of the molecule is O=C(C[n+]1ccccc1)c1cc2ccccc2cn1.[I-]. The average Bonchev–Trinajstić information content (AvgIpc) is 2.48. The minimum absolute atomic E-state index is 0. The molecule has 100 valence electrons. The summed E-state index contributed by atoms with van der Waals surface area (Å²) < 4.78 is 1.85. The van der Waals surface area contributed by atoms with Gasteiger partial charge in [-0.2, -0.15) is 4.57 Å². The van der Waals surface area contributed by atoms with Gasteiger partial charge in [-0.15, -0.1) is 0 Å². The van der Waals surface area contributed by atoms with Crippen LogP contribution in [0, 0.1) is 0 Å². The van der Waals surface area contributed by atoms with E-state index in [-0.39, 0.29) is 29.8 Å². The van der Waals surface area contributed by atoms with Crippen molar-refractivity contribution in [1.82, 2.24) is 4.98 Å². The first-order valence-corrected chi connectivity index (χ1v) is 6.15. The first kappa shape index (κ1) is 14.6. The Morgan fingerprint density at radius 3 is 2.45 bits per heavy atom. The van der Waals surface area contributed by atoms with Crippen LogP contribution < -0.4 is 28.5 Å². The molecule has 20 heavy (non-hydrogen) atoms. The van der Waals surface area contributed by atoms with Gasteiger partial charge in [-0.05, 0) is 11.5 Å². The van der Waals surface area contributed by atoms with Crippen molar-refractivity contribution in [2.45, 2.75) is 6.54 Å².